The van der Waals surface area contributed by atoms with Crippen LogP contribution in [0.25, 0.3) is 11.4 Å². The molecule has 164 valence electrons. The summed E-state index contributed by atoms with van der Waals surface area (Å²) in [5.41, 5.74) is 0.638. The molecule has 1 N–H and O–H groups in total. The molecule has 1 aromatic carbocycles. The van der Waals surface area contributed by atoms with Gasteiger partial charge in [-0.1, -0.05) is 30.8 Å². The third-order valence-electron chi connectivity index (χ3n) is 4.14. The van der Waals surface area contributed by atoms with Crippen LogP contribution < -0.4 is 5.32 Å². The molecule has 31 heavy (non-hydrogen) atoms. The lowest BCUT2D eigenvalue weighted by molar-refractivity contribution is -0.113. The second-order valence-corrected chi connectivity index (χ2v) is 9.16. The van der Waals surface area contributed by atoms with Gasteiger partial charge in [0.1, 0.15) is 0 Å². The quantitative estimate of drug-likeness (QED) is 0.480. The summed E-state index contributed by atoms with van der Waals surface area (Å²) in [4.78, 5) is 15.8. The van der Waals surface area contributed by atoms with E-state index in [1.54, 1.807) is 24.5 Å². The Kier molecular flexibility index (Phi) is 7.33. The highest BCUT2D eigenvalue weighted by Crippen LogP contribution is 2.27. The molecular formula is C19H19F2N5O3S2. The molecule has 0 radical (unpaired) electrons. The lowest BCUT2D eigenvalue weighted by Crippen LogP contribution is -2.19. The number of halogens is 2. The van der Waals surface area contributed by atoms with E-state index < -0.39 is 26.4 Å². The molecule has 0 aliphatic heterocycles. The number of thioether (sulfide) groups is 1. The van der Waals surface area contributed by atoms with Crippen LogP contribution >= 0.6 is 11.8 Å². The number of carbonyl (C=O) groups is 1. The summed E-state index contributed by atoms with van der Waals surface area (Å²) in [5.74, 6) is -3.61. The van der Waals surface area contributed by atoms with E-state index in [9.17, 15) is 22.0 Å². The number of para-hydroxylation sites is 1. The van der Waals surface area contributed by atoms with E-state index in [-0.39, 0.29) is 11.4 Å². The third-order valence-corrected chi connectivity index (χ3v) is 6.54. The second-order valence-electron chi connectivity index (χ2n) is 6.33. The molecule has 1 amide bonds. The monoisotopic (exact) mass is 467 g/mol. The first-order valence-electron chi connectivity index (χ1n) is 9.22. The van der Waals surface area contributed by atoms with Gasteiger partial charge in [0.25, 0.3) is 0 Å². The Balaban J connectivity index is 1.75. The Morgan fingerprint density at radius 1 is 1.16 bits per heavy atom. The van der Waals surface area contributed by atoms with E-state index in [1.165, 1.54) is 18.2 Å². The minimum atomic E-state index is -4.85. The van der Waals surface area contributed by atoms with Crippen molar-refractivity contribution < 1.29 is 22.0 Å². The molecule has 3 rings (SSSR count). The van der Waals surface area contributed by atoms with Crippen LogP contribution in [0.1, 0.15) is 13.3 Å². The van der Waals surface area contributed by atoms with Gasteiger partial charge in [-0.15, -0.1) is 10.2 Å². The van der Waals surface area contributed by atoms with E-state index in [2.05, 4.69) is 20.5 Å². The molecule has 0 aliphatic carbocycles. The molecule has 0 aliphatic rings. The number of hydrogen-bond donors (Lipinski definition) is 1. The highest BCUT2D eigenvalue weighted by molar-refractivity contribution is 7.99. The zero-order valence-electron chi connectivity index (χ0n) is 16.4. The molecule has 0 atom stereocenters. The van der Waals surface area contributed by atoms with E-state index in [4.69, 9.17) is 0 Å². The smallest absolute Gasteiger partial charge is 0.324 e. The van der Waals surface area contributed by atoms with Gasteiger partial charge in [-0.05, 0) is 30.7 Å². The van der Waals surface area contributed by atoms with Gasteiger partial charge >= 0.3 is 5.76 Å². The zero-order chi connectivity index (χ0) is 22.4. The summed E-state index contributed by atoms with van der Waals surface area (Å²) in [6, 6.07) is 8.66. The van der Waals surface area contributed by atoms with Gasteiger partial charge in [0.15, 0.2) is 11.0 Å². The van der Waals surface area contributed by atoms with E-state index in [0.717, 1.165) is 29.8 Å². The first kappa shape index (κ1) is 22.8. The summed E-state index contributed by atoms with van der Waals surface area (Å²) >= 11 is 1.11. The molecule has 2 heterocycles. The number of amides is 1. The van der Waals surface area contributed by atoms with Crippen LogP contribution in [0.2, 0.25) is 0 Å². The molecule has 0 saturated heterocycles. The minimum absolute atomic E-state index is 0.110. The number of nitrogens with one attached hydrogen (secondary N) is 1. The number of nitrogens with zero attached hydrogens (tertiary/aromatic N) is 4. The summed E-state index contributed by atoms with van der Waals surface area (Å²) < 4.78 is 51.4. The van der Waals surface area contributed by atoms with Gasteiger partial charge in [-0.3, -0.25) is 9.78 Å². The van der Waals surface area contributed by atoms with Crippen molar-refractivity contribution in [3.8, 4) is 11.4 Å². The summed E-state index contributed by atoms with van der Waals surface area (Å²) in [7, 11) is -4.85. The molecule has 2 aromatic heterocycles. The van der Waals surface area contributed by atoms with Crippen molar-refractivity contribution in [3.05, 3.63) is 48.8 Å². The normalized spacial score (nSPS) is 11.6. The van der Waals surface area contributed by atoms with Crippen molar-refractivity contribution in [3.63, 3.8) is 0 Å². The van der Waals surface area contributed by atoms with Crippen LogP contribution in [-0.4, -0.2) is 45.6 Å². The molecule has 0 fully saturated rings. The number of sulfone groups is 1. The van der Waals surface area contributed by atoms with Crippen molar-refractivity contribution in [1.82, 2.24) is 19.7 Å². The second kappa shape index (κ2) is 9.96. The molecule has 8 nitrogen and oxygen atoms in total. The van der Waals surface area contributed by atoms with Crippen LogP contribution in [0, 0.1) is 0 Å². The summed E-state index contributed by atoms with van der Waals surface area (Å²) in [5, 5.41) is 11.3. The molecule has 0 saturated carbocycles. The average Bonchev–Trinajstić information content (AvgIpc) is 3.16. The fourth-order valence-corrected chi connectivity index (χ4v) is 4.42. The number of hydrogen-bond acceptors (Lipinski definition) is 7. The highest BCUT2D eigenvalue weighted by Gasteiger charge is 2.29. The van der Waals surface area contributed by atoms with Gasteiger partial charge in [0.05, 0.1) is 16.3 Å². The number of alkyl halides is 2. The van der Waals surface area contributed by atoms with Crippen LogP contribution in [-0.2, 0) is 21.2 Å². The Bertz CT molecular complexity index is 1150. The number of pyridine rings is 1. The number of aromatic nitrogens is 4. The predicted octanol–water partition coefficient (Wildman–Crippen LogP) is 3.48. The number of benzene rings is 1. The first-order chi connectivity index (χ1) is 14.8. The van der Waals surface area contributed by atoms with Gasteiger partial charge in [-0.25, -0.2) is 8.42 Å². The van der Waals surface area contributed by atoms with Gasteiger partial charge in [0, 0.05) is 24.5 Å². The lowest BCUT2D eigenvalue weighted by Gasteiger charge is -2.11. The van der Waals surface area contributed by atoms with Crippen molar-refractivity contribution in [2.24, 2.45) is 0 Å². The Morgan fingerprint density at radius 3 is 2.55 bits per heavy atom. The number of carbonyl (C=O) groups excluding carboxylic acids is 1. The van der Waals surface area contributed by atoms with Gasteiger partial charge in [-0.2, -0.15) is 8.78 Å². The SMILES string of the molecule is CCCn1c(SCC(=O)Nc2ccccc2S(=O)(=O)C(F)F)nnc1-c1ccncc1. The Hall–Kier alpha value is -2.86. The minimum Gasteiger partial charge on any atom is -0.324 e. The number of rotatable bonds is 9. The van der Waals surface area contributed by atoms with Crippen LogP contribution in [0.4, 0.5) is 14.5 Å². The standard InChI is InChI=1S/C19H19F2N5O3S2/c1-2-11-26-17(13-7-9-22-10-8-13)24-25-19(26)30-12-16(27)23-14-5-3-4-6-15(14)31(28,29)18(20)21/h3-10,18H,2,11-12H2,1H3,(H,23,27). The fraction of sp³-hybridized carbons (Fsp3) is 0.263. The molecular weight excluding hydrogens is 448 g/mol. The van der Waals surface area contributed by atoms with Gasteiger partial charge < -0.3 is 9.88 Å². The molecule has 0 bridgehead atoms. The maximum atomic E-state index is 12.9. The predicted molar refractivity (Wildman–Crippen MR) is 113 cm³/mol. The Morgan fingerprint density at radius 2 is 1.87 bits per heavy atom. The van der Waals surface area contributed by atoms with Crippen LogP contribution in [0.5, 0.6) is 0 Å². The van der Waals surface area contributed by atoms with Gasteiger partial charge in [0.2, 0.25) is 15.7 Å². The molecule has 0 spiro atoms. The first-order valence-corrected chi connectivity index (χ1v) is 11.7. The fourth-order valence-electron chi connectivity index (χ4n) is 2.77. The molecule has 3 aromatic rings. The zero-order valence-corrected chi connectivity index (χ0v) is 18.0. The van der Waals surface area contributed by atoms with E-state index in [1.807, 2.05) is 11.5 Å². The maximum Gasteiger partial charge on any atom is 0.341 e. The van der Waals surface area contributed by atoms with Crippen LogP contribution in [0.3, 0.4) is 0 Å². The lowest BCUT2D eigenvalue weighted by atomic mass is 10.2. The summed E-state index contributed by atoms with van der Waals surface area (Å²) in [6.45, 7) is 2.63. The van der Waals surface area contributed by atoms with Crippen molar-refractivity contribution >= 4 is 33.2 Å². The highest BCUT2D eigenvalue weighted by atomic mass is 32.2. The third kappa shape index (κ3) is 5.25. The maximum absolute atomic E-state index is 12.9. The van der Waals surface area contributed by atoms with Crippen molar-refractivity contribution in [2.75, 3.05) is 11.1 Å². The summed E-state index contributed by atoms with van der Waals surface area (Å²) in [6.07, 6.45) is 4.10. The average molecular weight is 468 g/mol. The van der Waals surface area contributed by atoms with Crippen molar-refractivity contribution in [1.29, 1.82) is 0 Å². The van der Waals surface area contributed by atoms with E-state index in [0.29, 0.717) is 17.5 Å². The van der Waals surface area contributed by atoms with Crippen molar-refractivity contribution in [2.45, 2.75) is 35.7 Å². The topological polar surface area (TPSA) is 107 Å². The Labute approximate surface area is 182 Å². The molecule has 12 heteroatoms. The van der Waals surface area contributed by atoms with E-state index >= 15 is 0 Å². The van der Waals surface area contributed by atoms with Crippen LogP contribution in [0.15, 0.2) is 58.8 Å². The number of anilines is 1. The largest absolute Gasteiger partial charge is 0.341 e. The molecule has 0 unspecified atom stereocenters.